The van der Waals surface area contributed by atoms with Crippen molar-refractivity contribution in [3.05, 3.63) is 23.7 Å². The number of methoxy groups -OCH3 is 1. The van der Waals surface area contributed by atoms with Gasteiger partial charge in [-0.15, -0.1) is 0 Å². The van der Waals surface area contributed by atoms with Crippen LogP contribution in [0.4, 0.5) is 0 Å². The Balaban J connectivity index is 2.12. The van der Waals surface area contributed by atoms with Gasteiger partial charge in [0.25, 0.3) is 0 Å². The first-order chi connectivity index (χ1) is 7.72. The third-order valence-electron chi connectivity index (χ3n) is 2.03. The first-order valence-corrected chi connectivity index (χ1v) is 5.61. The molecule has 1 heterocycles. The Hall–Kier alpha value is -0.840. The molecule has 0 aromatic carbocycles. The smallest absolute Gasteiger partial charge is 0.129 e. The van der Waals surface area contributed by atoms with Gasteiger partial charge in [-0.25, -0.2) is 0 Å². The van der Waals surface area contributed by atoms with Crippen LogP contribution in [0.15, 0.2) is 16.5 Å². The molecule has 0 aliphatic rings. The van der Waals surface area contributed by atoms with Gasteiger partial charge in [-0.2, -0.15) is 0 Å². The normalized spacial score (nSPS) is 11.2. The molecule has 0 unspecified atom stereocenters. The lowest BCUT2D eigenvalue weighted by Gasteiger charge is -2.07. The summed E-state index contributed by atoms with van der Waals surface area (Å²) < 4.78 is 15.9. The first kappa shape index (κ1) is 13.2. The molecule has 1 aromatic rings. The van der Waals surface area contributed by atoms with E-state index >= 15 is 0 Å². The van der Waals surface area contributed by atoms with Crippen molar-refractivity contribution < 1.29 is 13.9 Å². The second-order valence-corrected chi connectivity index (χ2v) is 3.90. The van der Waals surface area contributed by atoms with E-state index in [9.17, 15) is 0 Å². The fraction of sp³-hybridized carbons (Fsp3) is 0.667. The van der Waals surface area contributed by atoms with Crippen LogP contribution in [-0.2, 0) is 22.6 Å². The molecule has 0 bridgehead atoms. The van der Waals surface area contributed by atoms with Gasteiger partial charge in [-0.3, -0.25) is 0 Å². The molecule has 1 N–H and O–H groups in total. The molecule has 4 heteroatoms. The molecule has 0 atom stereocenters. The summed E-state index contributed by atoms with van der Waals surface area (Å²) in [6.07, 6.45) is 0.290. The van der Waals surface area contributed by atoms with Crippen molar-refractivity contribution in [3.8, 4) is 0 Å². The number of nitrogens with one attached hydrogen (secondary N) is 1. The van der Waals surface area contributed by atoms with Crippen LogP contribution in [0.5, 0.6) is 0 Å². The Morgan fingerprint density at radius 3 is 2.75 bits per heavy atom. The molecule has 0 radical (unpaired) electrons. The van der Waals surface area contributed by atoms with Gasteiger partial charge in [-0.05, 0) is 26.0 Å². The zero-order chi connectivity index (χ0) is 11.8. The summed E-state index contributed by atoms with van der Waals surface area (Å²) in [4.78, 5) is 0. The van der Waals surface area contributed by atoms with Gasteiger partial charge in [-0.1, -0.05) is 0 Å². The van der Waals surface area contributed by atoms with E-state index in [4.69, 9.17) is 13.9 Å². The Morgan fingerprint density at radius 1 is 1.31 bits per heavy atom. The second-order valence-electron chi connectivity index (χ2n) is 3.90. The third-order valence-corrected chi connectivity index (χ3v) is 2.03. The fourth-order valence-electron chi connectivity index (χ4n) is 1.32. The standard InChI is InChI=1S/C12H21NO3/c1-10(2)15-7-6-13-8-11-4-5-12(16-11)9-14-3/h4-5,10,13H,6-9H2,1-3H3. The minimum Gasteiger partial charge on any atom is -0.462 e. The molecule has 0 saturated carbocycles. The van der Waals surface area contributed by atoms with Crippen LogP contribution in [0.3, 0.4) is 0 Å². The van der Waals surface area contributed by atoms with Crippen LogP contribution in [0.1, 0.15) is 25.4 Å². The van der Waals surface area contributed by atoms with Gasteiger partial charge in [0.2, 0.25) is 0 Å². The molecule has 0 spiro atoms. The van der Waals surface area contributed by atoms with Gasteiger partial charge in [0.1, 0.15) is 18.1 Å². The van der Waals surface area contributed by atoms with E-state index < -0.39 is 0 Å². The van der Waals surface area contributed by atoms with E-state index in [0.717, 1.165) is 31.2 Å². The van der Waals surface area contributed by atoms with E-state index in [2.05, 4.69) is 5.32 Å². The topological polar surface area (TPSA) is 43.6 Å². The lowest BCUT2D eigenvalue weighted by molar-refractivity contribution is 0.0804. The van der Waals surface area contributed by atoms with Crippen LogP contribution >= 0.6 is 0 Å². The number of hydrogen-bond acceptors (Lipinski definition) is 4. The predicted octanol–water partition coefficient (Wildman–Crippen LogP) is 1.94. The van der Waals surface area contributed by atoms with Crippen LogP contribution in [-0.4, -0.2) is 26.4 Å². The summed E-state index contributed by atoms with van der Waals surface area (Å²) in [7, 11) is 1.66. The van der Waals surface area contributed by atoms with Crippen LogP contribution < -0.4 is 5.32 Å². The summed E-state index contributed by atoms with van der Waals surface area (Å²) >= 11 is 0. The summed E-state index contributed by atoms with van der Waals surface area (Å²) in [6.45, 7) is 6.87. The maximum Gasteiger partial charge on any atom is 0.129 e. The maximum atomic E-state index is 5.52. The quantitative estimate of drug-likeness (QED) is 0.689. The van der Waals surface area contributed by atoms with E-state index in [1.165, 1.54) is 0 Å². The minimum atomic E-state index is 0.290. The monoisotopic (exact) mass is 227 g/mol. The predicted molar refractivity (Wildman–Crippen MR) is 62.2 cm³/mol. The van der Waals surface area contributed by atoms with E-state index in [0.29, 0.717) is 12.7 Å². The average molecular weight is 227 g/mol. The fourth-order valence-corrected chi connectivity index (χ4v) is 1.32. The molecule has 0 amide bonds. The van der Waals surface area contributed by atoms with Gasteiger partial charge in [0.05, 0.1) is 19.3 Å². The number of rotatable bonds is 8. The Kier molecular flexibility index (Phi) is 6.15. The van der Waals surface area contributed by atoms with E-state index in [-0.39, 0.29) is 0 Å². The van der Waals surface area contributed by atoms with E-state index in [1.807, 2.05) is 26.0 Å². The van der Waals surface area contributed by atoms with Crippen molar-refractivity contribution >= 4 is 0 Å². The first-order valence-electron chi connectivity index (χ1n) is 5.61. The maximum absolute atomic E-state index is 5.52. The minimum absolute atomic E-state index is 0.290. The van der Waals surface area contributed by atoms with Crippen molar-refractivity contribution in [2.75, 3.05) is 20.3 Å². The average Bonchev–Trinajstić information content (AvgIpc) is 2.65. The van der Waals surface area contributed by atoms with Gasteiger partial charge >= 0.3 is 0 Å². The number of ether oxygens (including phenoxy) is 2. The van der Waals surface area contributed by atoms with Crippen molar-refractivity contribution in [3.63, 3.8) is 0 Å². The van der Waals surface area contributed by atoms with Gasteiger partial charge in [0, 0.05) is 13.7 Å². The van der Waals surface area contributed by atoms with Crippen LogP contribution in [0.2, 0.25) is 0 Å². The summed E-state index contributed by atoms with van der Waals surface area (Å²) in [5.74, 6) is 1.79. The van der Waals surface area contributed by atoms with Crippen molar-refractivity contribution in [1.29, 1.82) is 0 Å². The Bertz CT molecular complexity index is 284. The molecule has 0 aliphatic carbocycles. The molecular formula is C12H21NO3. The molecular weight excluding hydrogens is 206 g/mol. The Morgan fingerprint density at radius 2 is 2.06 bits per heavy atom. The lowest BCUT2D eigenvalue weighted by atomic mass is 10.4. The van der Waals surface area contributed by atoms with E-state index in [1.54, 1.807) is 7.11 Å². The summed E-state index contributed by atoms with van der Waals surface area (Å²) in [5.41, 5.74) is 0. The zero-order valence-electron chi connectivity index (χ0n) is 10.3. The molecule has 0 aliphatic heterocycles. The molecule has 1 aromatic heterocycles. The highest BCUT2D eigenvalue weighted by atomic mass is 16.5. The van der Waals surface area contributed by atoms with Gasteiger partial charge in [0.15, 0.2) is 0 Å². The molecule has 1 rings (SSSR count). The molecule has 0 fully saturated rings. The molecule has 16 heavy (non-hydrogen) atoms. The highest BCUT2D eigenvalue weighted by Crippen LogP contribution is 2.08. The second kappa shape index (κ2) is 7.44. The van der Waals surface area contributed by atoms with Crippen LogP contribution in [0.25, 0.3) is 0 Å². The molecule has 0 saturated heterocycles. The summed E-state index contributed by atoms with van der Waals surface area (Å²) in [6, 6.07) is 3.90. The third kappa shape index (κ3) is 5.30. The highest BCUT2D eigenvalue weighted by Gasteiger charge is 2.01. The lowest BCUT2D eigenvalue weighted by Crippen LogP contribution is -2.20. The molecule has 4 nitrogen and oxygen atoms in total. The molecule has 92 valence electrons. The van der Waals surface area contributed by atoms with Crippen molar-refractivity contribution in [1.82, 2.24) is 5.32 Å². The zero-order valence-corrected chi connectivity index (χ0v) is 10.3. The van der Waals surface area contributed by atoms with Crippen molar-refractivity contribution in [2.45, 2.75) is 33.1 Å². The SMILES string of the molecule is COCc1ccc(CNCCOC(C)C)o1. The van der Waals surface area contributed by atoms with Crippen LogP contribution in [0, 0.1) is 0 Å². The summed E-state index contributed by atoms with van der Waals surface area (Å²) in [5, 5.41) is 3.25. The highest BCUT2D eigenvalue weighted by molar-refractivity contribution is 5.06. The largest absolute Gasteiger partial charge is 0.462 e. The number of furan rings is 1. The Labute approximate surface area is 96.9 Å². The van der Waals surface area contributed by atoms with Gasteiger partial charge < -0.3 is 19.2 Å². The number of hydrogen-bond donors (Lipinski definition) is 1. The van der Waals surface area contributed by atoms with Crippen molar-refractivity contribution in [2.24, 2.45) is 0 Å².